The fourth-order valence-corrected chi connectivity index (χ4v) is 2.93. The molecule has 0 fully saturated rings. The molecule has 1 N–H and O–H groups in total. The molecule has 0 saturated carbocycles. The number of halogens is 4. The van der Waals surface area contributed by atoms with Crippen molar-refractivity contribution in [1.82, 2.24) is 4.98 Å². The van der Waals surface area contributed by atoms with Crippen molar-refractivity contribution < 1.29 is 13.2 Å². The minimum absolute atomic E-state index is 0.0952. The van der Waals surface area contributed by atoms with Crippen LogP contribution in [0.1, 0.15) is 0 Å². The van der Waals surface area contributed by atoms with Crippen molar-refractivity contribution in [2.75, 3.05) is 5.32 Å². The van der Waals surface area contributed by atoms with Gasteiger partial charge in [0.2, 0.25) is 0 Å². The summed E-state index contributed by atoms with van der Waals surface area (Å²) in [6.45, 7) is 0. The van der Waals surface area contributed by atoms with E-state index in [1.54, 1.807) is 6.07 Å². The van der Waals surface area contributed by atoms with Crippen LogP contribution in [0.5, 0.6) is 0 Å². The number of nitrogens with one attached hydrogen (secondary N) is 1. The van der Waals surface area contributed by atoms with E-state index >= 15 is 0 Å². The lowest BCUT2D eigenvalue weighted by atomic mass is 10.3. The van der Waals surface area contributed by atoms with Crippen LogP contribution >= 0.6 is 27.3 Å². The molecular weight excluding hydrogens is 353 g/mol. The molecule has 0 radical (unpaired) electrons. The Morgan fingerprint density at radius 3 is 2.65 bits per heavy atom. The average Bonchev–Trinajstić information content (AvgIpc) is 2.77. The maximum absolute atomic E-state index is 13.6. The van der Waals surface area contributed by atoms with Gasteiger partial charge in [0.05, 0.1) is 20.4 Å². The second-order valence-electron chi connectivity index (χ2n) is 4.00. The van der Waals surface area contributed by atoms with Crippen molar-refractivity contribution in [2.45, 2.75) is 0 Å². The van der Waals surface area contributed by atoms with E-state index in [-0.39, 0.29) is 16.0 Å². The number of hydrogen-bond acceptors (Lipinski definition) is 3. The maximum atomic E-state index is 13.6. The first-order valence-electron chi connectivity index (χ1n) is 5.50. The third kappa shape index (κ3) is 2.51. The molecule has 3 rings (SSSR count). The van der Waals surface area contributed by atoms with Crippen LogP contribution in [-0.4, -0.2) is 4.98 Å². The largest absolute Gasteiger partial charge is 0.329 e. The molecule has 0 amide bonds. The van der Waals surface area contributed by atoms with E-state index in [0.29, 0.717) is 15.3 Å². The molecule has 0 aliphatic carbocycles. The van der Waals surface area contributed by atoms with Gasteiger partial charge in [-0.1, -0.05) is 11.3 Å². The van der Waals surface area contributed by atoms with Gasteiger partial charge in [-0.25, -0.2) is 18.2 Å². The van der Waals surface area contributed by atoms with Crippen molar-refractivity contribution in [3.63, 3.8) is 0 Å². The molecule has 0 saturated heterocycles. The monoisotopic (exact) mass is 358 g/mol. The Kier molecular flexibility index (Phi) is 3.39. The van der Waals surface area contributed by atoms with Crippen LogP contribution < -0.4 is 5.32 Å². The van der Waals surface area contributed by atoms with Gasteiger partial charge in [0.1, 0.15) is 17.5 Å². The van der Waals surface area contributed by atoms with Gasteiger partial charge in [0, 0.05) is 6.07 Å². The summed E-state index contributed by atoms with van der Waals surface area (Å²) in [6, 6.07) is 6.27. The van der Waals surface area contributed by atoms with Crippen LogP contribution in [0.25, 0.3) is 10.2 Å². The van der Waals surface area contributed by atoms with E-state index < -0.39 is 11.6 Å². The van der Waals surface area contributed by atoms with Gasteiger partial charge in [0.15, 0.2) is 5.13 Å². The minimum Gasteiger partial charge on any atom is -0.329 e. The van der Waals surface area contributed by atoms with Gasteiger partial charge in [-0.05, 0) is 40.2 Å². The van der Waals surface area contributed by atoms with Crippen LogP contribution in [0, 0.1) is 17.5 Å². The standard InChI is InChI=1S/C13H6BrF3N2S/c14-7-4-11(9(17)5-8(7)16)19-13-18-10-2-1-6(15)3-12(10)20-13/h1-5H,(H,18,19). The molecule has 7 heteroatoms. The third-order valence-corrected chi connectivity index (χ3v) is 4.14. The van der Waals surface area contributed by atoms with Gasteiger partial charge in [-0.2, -0.15) is 0 Å². The molecule has 2 nitrogen and oxygen atoms in total. The molecule has 0 unspecified atom stereocenters. The number of aromatic nitrogens is 1. The fourth-order valence-electron chi connectivity index (χ4n) is 1.69. The summed E-state index contributed by atoms with van der Waals surface area (Å²) in [5, 5.41) is 3.17. The lowest BCUT2D eigenvalue weighted by molar-refractivity contribution is 0.581. The lowest BCUT2D eigenvalue weighted by Crippen LogP contribution is -1.94. The highest BCUT2D eigenvalue weighted by atomic mass is 79.9. The zero-order valence-electron chi connectivity index (χ0n) is 9.75. The first-order chi connectivity index (χ1) is 9.52. The second-order valence-corrected chi connectivity index (χ2v) is 5.89. The molecule has 0 spiro atoms. The van der Waals surface area contributed by atoms with Crippen LogP contribution in [0.2, 0.25) is 0 Å². The Morgan fingerprint density at radius 1 is 1.05 bits per heavy atom. The van der Waals surface area contributed by atoms with Crippen LogP contribution in [0.3, 0.4) is 0 Å². The van der Waals surface area contributed by atoms with Crippen molar-refractivity contribution in [1.29, 1.82) is 0 Å². The normalized spacial score (nSPS) is 11.0. The minimum atomic E-state index is -0.726. The van der Waals surface area contributed by atoms with Crippen LogP contribution in [0.4, 0.5) is 24.0 Å². The summed E-state index contributed by atoms with van der Waals surface area (Å²) in [5.41, 5.74) is 0.707. The number of fused-ring (bicyclic) bond motifs is 1. The highest BCUT2D eigenvalue weighted by Crippen LogP contribution is 2.31. The van der Waals surface area contributed by atoms with Gasteiger partial charge in [-0.15, -0.1) is 0 Å². The molecule has 1 aromatic heterocycles. The highest BCUT2D eigenvalue weighted by molar-refractivity contribution is 9.10. The van der Waals surface area contributed by atoms with Gasteiger partial charge in [0.25, 0.3) is 0 Å². The fraction of sp³-hybridized carbons (Fsp3) is 0. The SMILES string of the molecule is Fc1ccc2nc(Nc3cc(Br)c(F)cc3F)sc2c1. The van der Waals surface area contributed by atoms with E-state index in [4.69, 9.17) is 0 Å². The van der Waals surface area contributed by atoms with Crippen LogP contribution in [0.15, 0.2) is 34.8 Å². The lowest BCUT2D eigenvalue weighted by Gasteiger charge is -2.05. The van der Waals surface area contributed by atoms with Crippen molar-refractivity contribution >= 4 is 48.3 Å². The van der Waals surface area contributed by atoms with E-state index in [1.165, 1.54) is 29.5 Å². The summed E-state index contributed by atoms with van der Waals surface area (Å²) < 4.78 is 40.6. The Morgan fingerprint density at radius 2 is 1.85 bits per heavy atom. The Bertz CT molecular complexity index is 804. The molecule has 3 aromatic rings. The van der Waals surface area contributed by atoms with Crippen molar-refractivity contribution in [3.05, 3.63) is 52.3 Å². The van der Waals surface area contributed by atoms with Crippen molar-refractivity contribution in [2.24, 2.45) is 0 Å². The summed E-state index contributed by atoms with van der Waals surface area (Å²) in [5.74, 6) is -1.76. The number of nitrogens with zero attached hydrogens (tertiary/aromatic N) is 1. The topological polar surface area (TPSA) is 24.9 Å². The Balaban J connectivity index is 1.99. The molecule has 0 bridgehead atoms. The first kappa shape index (κ1) is 13.4. The summed E-state index contributed by atoms with van der Waals surface area (Å²) in [4.78, 5) is 4.21. The van der Waals surface area contributed by atoms with Gasteiger partial charge >= 0.3 is 0 Å². The van der Waals surface area contributed by atoms with Gasteiger partial charge in [-0.3, -0.25) is 0 Å². The molecule has 0 atom stereocenters. The summed E-state index contributed by atoms with van der Waals surface area (Å²) >= 11 is 4.18. The zero-order valence-corrected chi connectivity index (χ0v) is 12.2. The smallest absolute Gasteiger partial charge is 0.188 e. The number of thiazole rings is 1. The Hall–Kier alpha value is -1.60. The van der Waals surface area contributed by atoms with E-state index in [2.05, 4.69) is 26.2 Å². The third-order valence-electron chi connectivity index (χ3n) is 2.60. The van der Waals surface area contributed by atoms with E-state index in [9.17, 15) is 13.2 Å². The number of anilines is 2. The Labute approximate surface area is 124 Å². The molecular formula is C13H6BrF3N2S. The molecule has 102 valence electrons. The molecule has 2 aromatic carbocycles. The quantitative estimate of drug-likeness (QED) is 0.635. The number of benzene rings is 2. The summed E-state index contributed by atoms with van der Waals surface area (Å²) in [7, 11) is 0. The molecule has 0 aliphatic rings. The van der Waals surface area contributed by atoms with Gasteiger partial charge < -0.3 is 5.32 Å². The van der Waals surface area contributed by atoms with E-state index in [0.717, 1.165) is 6.07 Å². The average molecular weight is 359 g/mol. The number of hydrogen-bond donors (Lipinski definition) is 1. The maximum Gasteiger partial charge on any atom is 0.188 e. The first-order valence-corrected chi connectivity index (χ1v) is 7.11. The molecule has 0 aliphatic heterocycles. The molecule has 1 heterocycles. The predicted octanol–water partition coefficient (Wildman–Crippen LogP) is 5.22. The second kappa shape index (κ2) is 5.06. The summed E-state index contributed by atoms with van der Waals surface area (Å²) in [6.07, 6.45) is 0. The molecule has 20 heavy (non-hydrogen) atoms. The van der Waals surface area contributed by atoms with Crippen LogP contribution in [-0.2, 0) is 0 Å². The number of rotatable bonds is 2. The predicted molar refractivity (Wildman–Crippen MR) is 76.9 cm³/mol. The zero-order chi connectivity index (χ0) is 14.3. The van der Waals surface area contributed by atoms with Crippen molar-refractivity contribution in [3.8, 4) is 0 Å². The van der Waals surface area contributed by atoms with E-state index in [1.807, 2.05) is 0 Å². The highest BCUT2D eigenvalue weighted by Gasteiger charge is 2.11.